The summed E-state index contributed by atoms with van der Waals surface area (Å²) in [5, 5.41) is 7.87. The molecule has 0 aliphatic carbocycles. The first-order valence-corrected chi connectivity index (χ1v) is 10.8. The van der Waals surface area contributed by atoms with Gasteiger partial charge in [-0.25, -0.2) is 4.79 Å². The fourth-order valence-electron chi connectivity index (χ4n) is 3.83. The van der Waals surface area contributed by atoms with Crippen LogP contribution < -0.4 is 5.32 Å². The van der Waals surface area contributed by atoms with E-state index < -0.39 is 6.09 Å². The second-order valence-corrected chi connectivity index (χ2v) is 8.12. The molecule has 7 nitrogen and oxygen atoms in total. The molecule has 1 fully saturated rings. The number of nitrogens with one attached hydrogen (secondary N) is 1. The first-order valence-electron chi connectivity index (χ1n) is 10.4. The van der Waals surface area contributed by atoms with Gasteiger partial charge >= 0.3 is 6.09 Å². The van der Waals surface area contributed by atoms with E-state index in [-0.39, 0.29) is 11.7 Å². The number of piperidine rings is 1. The molecule has 1 saturated heterocycles. The number of fused-ring (bicyclic) bond motifs is 1. The zero-order valence-electron chi connectivity index (χ0n) is 17.1. The number of anilines is 1. The van der Waals surface area contributed by atoms with Crippen LogP contribution in [0, 0.1) is 5.92 Å². The van der Waals surface area contributed by atoms with Crippen LogP contribution in [0.1, 0.15) is 29.6 Å². The van der Waals surface area contributed by atoms with Crippen molar-refractivity contribution in [3.05, 3.63) is 59.2 Å². The van der Waals surface area contributed by atoms with Crippen molar-refractivity contribution in [2.24, 2.45) is 5.92 Å². The molecule has 3 aromatic rings. The number of hydrogen-bond acceptors (Lipinski definition) is 6. The van der Waals surface area contributed by atoms with Crippen LogP contribution in [0.5, 0.6) is 0 Å². The summed E-state index contributed by atoms with van der Waals surface area (Å²) in [5.74, 6) is 0.253. The van der Waals surface area contributed by atoms with Crippen LogP contribution in [0.3, 0.4) is 0 Å². The summed E-state index contributed by atoms with van der Waals surface area (Å²) in [6.45, 7) is 2.91. The second kappa shape index (κ2) is 9.94. The maximum Gasteiger partial charge on any atom is 0.411 e. The summed E-state index contributed by atoms with van der Waals surface area (Å²) in [5.41, 5.74) is 2.02. The number of hydrogen-bond donors (Lipinski definition) is 1. The summed E-state index contributed by atoms with van der Waals surface area (Å²) in [6, 6.07) is 12.4. The number of halogens is 1. The number of aromatic nitrogens is 1. The molecule has 0 spiro atoms. The topological polar surface area (TPSA) is 84.7 Å². The molecule has 1 aliphatic heterocycles. The lowest BCUT2D eigenvalue weighted by Crippen LogP contribution is -2.37. The van der Waals surface area contributed by atoms with Gasteiger partial charge in [0.1, 0.15) is 0 Å². The first kappa shape index (κ1) is 21.3. The van der Waals surface area contributed by atoms with Crippen molar-refractivity contribution in [2.75, 3.05) is 31.6 Å². The average Bonchev–Trinajstić information content (AvgIpc) is 3.25. The van der Waals surface area contributed by atoms with Gasteiger partial charge in [-0.3, -0.25) is 10.1 Å². The fraction of sp³-hybridized carbons (Fsp3) is 0.348. The molecule has 0 radical (unpaired) electrons. The molecule has 2 aromatic carbocycles. The normalized spacial score (nSPS) is 15.1. The summed E-state index contributed by atoms with van der Waals surface area (Å²) < 4.78 is 10.3. The van der Waals surface area contributed by atoms with Crippen LogP contribution >= 0.6 is 11.6 Å². The molecule has 1 amide bonds. The average molecular weight is 442 g/mol. The molecule has 31 heavy (non-hydrogen) atoms. The van der Waals surface area contributed by atoms with Crippen molar-refractivity contribution >= 4 is 40.1 Å². The molecule has 0 saturated carbocycles. The fourth-order valence-corrected chi connectivity index (χ4v) is 3.95. The number of ketones is 1. The summed E-state index contributed by atoms with van der Waals surface area (Å²) in [7, 11) is 0. The number of amides is 1. The van der Waals surface area contributed by atoms with Crippen LogP contribution in [0.4, 0.5) is 10.5 Å². The Labute approximate surface area is 185 Å². The summed E-state index contributed by atoms with van der Waals surface area (Å²) in [6.07, 6.45) is 3.54. The number of likely N-dealkylation sites (tertiary alicyclic amines) is 1. The molecule has 8 heteroatoms. The van der Waals surface area contributed by atoms with Gasteiger partial charge in [-0.05, 0) is 74.8 Å². The number of Topliss-reactive ketones (excluding diaryl/α,β-unsaturated/α-hetero) is 1. The van der Waals surface area contributed by atoms with Crippen molar-refractivity contribution in [1.82, 2.24) is 10.1 Å². The van der Waals surface area contributed by atoms with Gasteiger partial charge < -0.3 is 14.2 Å². The highest BCUT2D eigenvalue weighted by atomic mass is 35.5. The third kappa shape index (κ3) is 5.62. The van der Waals surface area contributed by atoms with Crippen LogP contribution in [0.25, 0.3) is 11.0 Å². The standard InChI is InChI=1S/C23H24ClN3O4/c24-19-4-2-16(3-5-19)22(28)17-8-11-27(12-9-17)10-1-13-30-23(29)26-20-6-7-21-18(14-20)15-25-31-21/h2-7,14-15,17H,1,8-13H2,(H,26,29). The minimum absolute atomic E-state index is 0.0576. The SMILES string of the molecule is O=C(Nc1ccc2oncc2c1)OCCCN1CCC(C(=O)c2ccc(Cl)cc2)CC1. The quantitative estimate of drug-likeness (QED) is 0.409. The highest BCUT2D eigenvalue weighted by Gasteiger charge is 2.25. The molecule has 2 heterocycles. The van der Waals surface area contributed by atoms with Crippen molar-refractivity contribution < 1.29 is 18.8 Å². The van der Waals surface area contributed by atoms with Gasteiger partial charge in [-0.1, -0.05) is 16.8 Å². The second-order valence-electron chi connectivity index (χ2n) is 7.68. The maximum atomic E-state index is 12.6. The lowest BCUT2D eigenvalue weighted by Gasteiger charge is -2.31. The number of benzene rings is 2. The molecule has 1 aromatic heterocycles. The van der Waals surface area contributed by atoms with Crippen molar-refractivity contribution in [2.45, 2.75) is 19.3 Å². The van der Waals surface area contributed by atoms with Crippen LogP contribution in [-0.4, -0.2) is 48.2 Å². The summed E-state index contributed by atoms with van der Waals surface area (Å²) in [4.78, 5) is 26.9. The third-order valence-electron chi connectivity index (χ3n) is 5.54. The monoisotopic (exact) mass is 441 g/mol. The smallest absolute Gasteiger partial charge is 0.411 e. The lowest BCUT2D eigenvalue weighted by atomic mass is 9.89. The largest absolute Gasteiger partial charge is 0.449 e. The Kier molecular flexibility index (Phi) is 6.84. The third-order valence-corrected chi connectivity index (χ3v) is 5.79. The minimum atomic E-state index is -0.483. The van der Waals surface area contributed by atoms with Crippen LogP contribution in [0.2, 0.25) is 5.02 Å². The molecular formula is C23H24ClN3O4. The zero-order chi connectivity index (χ0) is 21.6. The maximum absolute atomic E-state index is 12.6. The number of carbonyl (C=O) groups excluding carboxylic acids is 2. The minimum Gasteiger partial charge on any atom is -0.449 e. The number of nitrogens with zero attached hydrogens (tertiary/aromatic N) is 2. The van der Waals surface area contributed by atoms with E-state index in [0.29, 0.717) is 22.9 Å². The molecule has 0 bridgehead atoms. The van der Waals surface area contributed by atoms with E-state index in [2.05, 4.69) is 15.4 Å². The number of carbonyl (C=O) groups is 2. The van der Waals surface area contributed by atoms with Crippen LogP contribution in [-0.2, 0) is 4.74 Å². The van der Waals surface area contributed by atoms with Crippen molar-refractivity contribution in [3.63, 3.8) is 0 Å². The lowest BCUT2D eigenvalue weighted by molar-refractivity contribution is 0.0830. The van der Waals surface area contributed by atoms with Crippen LogP contribution in [0.15, 0.2) is 53.2 Å². The van der Waals surface area contributed by atoms with E-state index in [1.807, 2.05) is 0 Å². The van der Waals surface area contributed by atoms with Gasteiger partial charge in [0.15, 0.2) is 11.4 Å². The van der Waals surface area contributed by atoms with Crippen molar-refractivity contribution in [1.29, 1.82) is 0 Å². The van der Waals surface area contributed by atoms with E-state index in [0.717, 1.165) is 49.8 Å². The van der Waals surface area contributed by atoms with E-state index in [1.165, 1.54) is 0 Å². The molecule has 162 valence electrons. The highest BCUT2D eigenvalue weighted by molar-refractivity contribution is 6.30. The van der Waals surface area contributed by atoms with Gasteiger partial charge in [0, 0.05) is 34.1 Å². The zero-order valence-corrected chi connectivity index (χ0v) is 17.8. The van der Waals surface area contributed by atoms with Gasteiger partial charge in [0.05, 0.1) is 12.8 Å². The Morgan fingerprint density at radius 3 is 2.71 bits per heavy atom. The number of ether oxygens (including phenoxy) is 1. The Morgan fingerprint density at radius 1 is 1.16 bits per heavy atom. The van der Waals surface area contributed by atoms with Gasteiger partial charge in [-0.2, -0.15) is 0 Å². The first-order chi connectivity index (χ1) is 15.1. The molecule has 1 N–H and O–H groups in total. The van der Waals surface area contributed by atoms with E-state index >= 15 is 0 Å². The van der Waals surface area contributed by atoms with E-state index in [9.17, 15) is 9.59 Å². The Bertz CT molecular complexity index is 1040. The van der Waals surface area contributed by atoms with Crippen molar-refractivity contribution in [3.8, 4) is 0 Å². The van der Waals surface area contributed by atoms with Gasteiger partial charge in [0.2, 0.25) is 0 Å². The molecular weight excluding hydrogens is 418 g/mol. The molecule has 0 atom stereocenters. The highest BCUT2D eigenvalue weighted by Crippen LogP contribution is 2.23. The predicted octanol–water partition coefficient (Wildman–Crippen LogP) is 5.01. The Hall–Kier alpha value is -2.90. The Morgan fingerprint density at radius 2 is 1.94 bits per heavy atom. The molecule has 1 aliphatic rings. The van der Waals surface area contributed by atoms with Gasteiger partial charge in [0.25, 0.3) is 0 Å². The molecule has 0 unspecified atom stereocenters. The molecule has 4 rings (SSSR count). The van der Waals surface area contributed by atoms with E-state index in [4.69, 9.17) is 20.9 Å². The summed E-state index contributed by atoms with van der Waals surface area (Å²) >= 11 is 5.90. The predicted molar refractivity (Wildman–Crippen MR) is 119 cm³/mol. The van der Waals surface area contributed by atoms with Gasteiger partial charge in [-0.15, -0.1) is 0 Å². The Balaban J connectivity index is 1.13. The number of rotatable bonds is 7. The van der Waals surface area contributed by atoms with E-state index in [1.54, 1.807) is 48.7 Å².